The molecule has 1 aromatic heterocycles. The molecule has 142 valence electrons. The molecule has 1 aromatic rings. The van der Waals surface area contributed by atoms with E-state index in [0.29, 0.717) is 5.92 Å². The Labute approximate surface area is 155 Å². The average molecular weight is 359 g/mol. The smallest absolute Gasteiger partial charge is 0.249 e. The first-order valence-electron chi connectivity index (χ1n) is 9.90. The van der Waals surface area contributed by atoms with Gasteiger partial charge in [0.05, 0.1) is 11.8 Å². The molecule has 0 aliphatic carbocycles. The summed E-state index contributed by atoms with van der Waals surface area (Å²) >= 11 is 0. The zero-order valence-electron chi connectivity index (χ0n) is 15.6. The Morgan fingerprint density at radius 1 is 1.27 bits per heavy atom. The molecule has 0 bridgehead atoms. The van der Waals surface area contributed by atoms with Gasteiger partial charge in [0, 0.05) is 26.2 Å². The lowest BCUT2D eigenvalue weighted by Gasteiger charge is -2.34. The highest BCUT2D eigenvalue weighted by Gasteiger charge is 2.42. The highest BCUT2D eigenvalue weighted by atomic mass is 16.5. The van der Waals surface area contributed by atoms with E-state index in [0.717, 1.165) is 63.6 Å². The van der Waals surface area contributed by atoms with Crippen molar-refractivity contribution in [3.8, 4) is 0 Å². The number of likely N-dealkylation sites (tertiary alicyclic amines) is 1. The van der Waals surface area contributed by atoms with Crippen molar-refractivity contribution in [2.45, 2.75) is 44.8 Å². The van der Waals surface area contributed by atoms with Crippen molar-refractivity contribution in [3.63, 3.8) is 0 Å². The van der Waals surface area contributed by atoms with Crippen molar-refractivity contribution in [3.05, 3.63) is 17.8 Å². The monoisotopic (exact) mass is 359 g/mol. The minimum absolute atomic E-state index is 0.0558. The minimum Gasteiger partial charge on any atom is -0.363 e. The summed E-state index contributed by atoms with van der Waals surface area (Å²) in [6.07, 6.45) is 4.26. The molecule has 3 atom stereocenters. The Morgan fingerprint density at radius 3 is 2.88 bits per heavy atom. The summed E-state index contributed by atoms with van der Waals surface area (Å²) < 4.78 is 6.11. The predicted octanol–water partition coefficient (Wildman–Crippen LogP) is 0.981. The Morgan fingerprint density at radius 2 is 2.12 bits per heavy atom. The van der Waals surface area contributed by atoms with Crippen LogP contribution >= 0.6 is 0 Å². The van der Waals surface area contributed by atoms with Gasteiger partial charge in [-0.05, 0) is 63.7 Å². The Bertz CT molecular complexity index is 617. The fourth-order valence-electron chi connectivity index (χ4n) is 4.33. The molecule has 4 heterocycles. The number of carbonyl (C=O) groups excluding carboxylic acids is 1. The normalized spacial score (nSPS) is 29.0. The van der Waals surface area contributed by atoms with Crippen molar-refractivity contribution >= 4 is 11.7 Å². The third kappa shape index (κ3) is 3.99. The molecule has 1 N–H and O–H groups in total. The molecule has 0 unspecified atom stereocenters. The van der Waals surface area contributed by atoms with E-state index >= 15 is 0 Å². The molecule has 4 rings (SSSR count). The maximum Gasteiger partial charge on any atom is 0.249 e. The van der Waals surface area contributed by atoms with Gasteiger partial charge >= 0.3 is 0 Å². The van der Waals surface area contributed by atoms with Crippen molar-refractivity contribution < 1.29 is 9.53 Å². The third-order valence-electron chi connectivity index (χ3n) is 5.88. The van der Waals surface area contributed by atoms with Gasteiger partial charge in [0.15, 0.2) is 5.82 Å². The molecule has 3 aliphatic heterocycles. The molecular formula is C19H29N5O2. The Balaban J connectivity index is 1.26. The summed E-state index contributed by atoms with van der Waals surface area (Å²) in [7, 11) is 0. The van der Waals surface area contributed by atoms with Crippen LogP contribution in [0.5, 0.6) is 0 Å². The van der Waals surface area contributed by atoms with Crippen LogP contribution in [0.4, 0.5) is 5.82 Å². The molecule has 7 heteroatoms. The van der Waals surface area contributed by atoms with Crippen LogP contribution in [0.25, 0.3) is 0 Å². The van der Waals surface area contributed by atoms with Gasteiger partial charge in [-0.3, -0.25) is 4.79 Å². The fourth-order valence-corrected chi connectivity index (χ4v) is 4.33. The number of anilines is 1. The van der Waals surface area contributed by atoms with Crippen molar-refractivity contribution in [1.82, 2.24) is 20.4 Å². The first-order chi connectivity index (χ1) is 12.7. The number of carbonyl (C=O) groups is 1. The van der Waals surface area contributed by atoms with Gasteiger partial charge in [-0.1, -0.05) is 0 Å². The zero-order chi connectivity index (χ0) is 17.9. The van der Waals surface area contributed by atoms with Crippen molar-refractivity contribution in [2.75, 3.05) is 44.2 Å². The quantitative estimate of drug-likeness (QED) is 0.845. The van der Waals surface area contributed by atoms with Crippen LogP contribution in [0.15, 0.2) is 12.1 Å². The maximum atomic E-state index is 12.5. The first kappa shape index (κ1) is 17.7. The lowest BCUT2D eigenvalue weighted by molar-refractivity contribution is -0.132. The van der Waals surface area contributed by atoms with Crippen LogP contribution in [0.3, 0.4) is 0 Å². The molecule has 3 fully saturated rings. The Kier molecular flexibility index (Phi) is 5.36. The summed E-state index contributed by atoms with van der Waals surface area (Å²) in [5.74, 6) is 1.43. The van der Waals surface area contributed by atoms with E-state index in [2.05, 4.69) is 25.3 Å². The number of piperidine rings is 1. The summed E-state index contributed by atoms with van der Waals surface area (Å²) in [5.41, 5.74) is 0.923. The van der Waals surface area contributed by atoms with E-state index in [1.165, 1.54) is 12.8 Å². The minimum atomic E-state index is -0.298. The van der Waals surface area contributed by atoms with E-state index < -0.39 is 0 Å². The molecule has 0 saturated carbocycles. The van der Waals surface area contributed by atoms with Gasteiger partial charge < -0.3 is 19.9 Å². The van der Waals surface area contributed by atoms with Gasteiger partial charge in [0.25, 0.3) is 0 Å². The molecule has 1 amide bonds. The third-order valence-corrected chi connectivity index (χ3v) is 5.88. The first-order valence-corrected chi connectivity index (χ1v) is 9.90. The van der Waals surface area contributed by atoms with E-state index in [1.54, 1.807) is 0 Å². The van der Waals surface area contributed by atoms with E-state index in [1.807, 2.05) is 19.1 Å². The standard InChI is InChI=1S/C19H29N5O2/c1-14-4-5-18(22-21-14)24-10-6-15-12-16(26-17(15)13-24)19(25)20-7-11-23-8-2-3-9-23/h4-5,15-17H,2-3,6-13H2,1H3,(H,20,25)/t15-,16-,17+/m1/s1. The number of rotatable bonds is 5. The second-order valence-electron chi connectivity index (χ2n) is 7.77. The highest BCUT2D eigenvalue weighted by Crippen LogP contribution is 2.34. The van der Waals surface area contributed by atoms with Gasteiger partial charge in [0.2, 0.25) is 5.91 Å². The van der Waals surface area contributed by atoms with Crippen molar-refractivity contribution in [1.29, 1.82) is 0 Å². The van der Waals surface area contributed by atoms with Gasteiger partial charge in [0.1, 0.15) is 6.10 Å². The SMILES string of the molecule is Cc1ccc(N2CC[C@@H]3C[C@H](C(=O)NCCN4CCCC4)O[C@H]3C2)nn1. The zero-order valence-corrected chi connectivity index (χ0v) is 15.6. The summed E-state index contributed by atoms with van der Waals surface area (Å²) in [4.78, 5) is 17.1. The second kappa shape index (κ2) is 7.88. The van der Waals surface area contributed by atoms with Crippen LogP contribution in [-0.2, 0) is 9.53 Å². The van der Waals surface area contributed by atoms with Crippen LogP contribution in [-0.4, -0.2) is 72.5 Å². The van der Waals surface area contributed by atoms with E-state index in [-0.39, 0.29) is 18.1 Å². The molecule has 0 spiro atoms. The fraction of sp³-hybridized carbons (Fsp3) is 0.737. The highest BCUT2D eigenvalue weighted by molar-refractivity contribution is 5.81. The second-order valence-corrected chi connectivity index (χ2v) is 7.77. The van der Waals surface area contributed by atoms with Crippen LogP contribution < -0.4 is 10.2 Å². The number of nitrogens with zero attached hydrogens (tertiary/aromatic N) is 4. The number of hydrogen-bond donors (Lipinski definition) is 1. The number of amides is 1. The molecule has 0 aromatic carbocycles. The number of ether oxygens (including phenoxy) is 1. The molecular weight excluding hydrogens is 330 g/mol. The molecule has 7 nitrogen and oxygen atoms in total. The average Bonchev–Trinajstić information content (AvgIpc) is 3.31. The van der Waals surface area contributed by atoms with Gasteiger partial charge in [-0.2, -0.15) is 5.10 Å². The largest absolute Gasteiger partial charge is 0.363 e. The molecule has 26 heavy (non-hydrogen) atoms. The maximum absolute atomic E-state index is 12.5. The number of hydrogen-bond acceptors (Lipinski definition) is 6. The molecule has 3 aliphatic rings. The lowest BCUT2D eigenvalue weighted by Crippen LogP contribution is -2.43. The van der Waals surface area contributed by atoms with Crippen LogP contribution in [0.2, 0.25) is 0 Å². The van der Waals surface area contributed by atoms with E-state index in [4.69, 9.17) is 4.74 Å². The van der Waals surface area contributed by atoms with Gasteiger partial charge in [-0.15, -0.1) is 5.10 Å². The van der Waals surface area contributed by atoms with E-state index in [9.17, 15) is 4.79 Å². The van der Waals surface area contributed by atoms with Crippen LogP contribution in [0, 0.1) is 12.8 Å². The number of nitrogens with one attached hydrogen (secondary N) is 1. The van der Waals surface area contributed by atoms with Crippen molar-refractivity contribution in [2.24, 2.45) is 5.92 Å². The van der Waals surface area contributed by atoms with Gasteiger partial charge in [-0.25, -0.2) is 0 Å². The molecule has 3 saturated heterocycles. The van der Waals surface area contributed by atoms with Crippen LogP contribution in [0.1, 0.15) is 31.4 Å². The number of aryl methyl sites for hydroxylation is 1. The number of fused-ring (bicyclic) bond motifs is 1. The summed E-state index contributed by atoms with van der Waals surface area (Å²) in [5, 5.41) is 11.5. The lowest BCUT2D eigenvalue weighted by atomic mass is 9.91. The summed E-state index contributed by atoms with van der Waals surface area (Å²) in [6, 6.07) is 4.00. The topological polar surface area (TPSA) is 70.6 Å². The molecule has 0 radical (unpaired) electrons. The predicted molar refractivity (Wildman–Crippen MR) is 99.1 cm³/mol. The summed E-state index contributed by atoms with van der Waals surface area (Å²) in [6.45, 7) is 7.68. The Hall–Kier alpha value is -1.73. The number of aromatic nitrogens is 2.